The van der Waals surface area contributed by atoms with Gasteiger partial charge in [0.1, 0.15) is 5.75 Å². The summed E-state index contributed by atoms with van der Waals surface area (Å²) in [6, 6.07) is 7.24. The van der Waals surface area contributed by atoms with E-state index in [4.69, 9.17) is 16.3 Å². The summed E-state index contributed by atoms with van der Waals surface area (Å²) < 4.78 is 6.50. The lowest BCUT2D eigenvalue weighted by molar-refractivity contribution is 0.275. The Kier molecular flexibility index (Phi) is 4.80. The monoisotopic (exact) mass is 341 g/mol. The lowest BCUT2D eigenvalue weighted by atomic mass is 10.1. The molecule has 0 spiro atoms. The van der Waals surface area contributed by atoms with Crippen LogP contribution in [0.5, 0.6) is 11.6 Å². The third-order valence-corrected chi connectivity index (χ3v) is 3.48. The molecule has 3 nitrogen and oxygen atoms in total. The molecule has 19 heavy (non-hydrogen) atoms. The number of aromatic nitrogens is 1. The summed E-state index contributed by atoms with van der Waals surface area (Å²) in [5.74, 6) is 1.06. The Balaban J connectivity index is 2.30. The Morgan fingerprint density at radius 3 is 2.79 bits per heavy atom. The van der Waals surface area contributed by atoms with E-state index in [0.717, 1.165) is 21.5 Å². The molecule has 0 aliphatic rings. The molecule has 0 fully saturated rings. The van der Waals surface area contributed by atoms with E-state index in [1.54, 1.807) is 24.4 Å². The standard InChI is InChI=1S/C14H13BrClNO2/c1-2-9-6-12(3-4-13(9)16)19-14-10(8-18)5-11(15)7-17-14/h3-7,18H,2,8H2,1H3. The van der Waals surface area contributed by atoms with Crippen LogP contribution >= 0.6 is 27.5 Å². The molecular weight excluding hydrogens is 330 g/mol. The van der Waals surface area contributed by atoms with Crippen molar-refractivity contribution in [1.29, 1.82) is 0 Å². The smallest absolute Gasteiger partial charge is 0.224 e. The maximum atomic E-state index is 9.30. The normalized spacial score (nSPS) is 10.5. The lowest BCUT2D eigenvalue weighted by Gasteiger charge is -2.10. The maximum absolute atomic E-state index is 9.30. The largest absolute Gasteiger partial charge is 0.439 e. The molecule has 0 atom stereocenters. The fourth-order valence-corrected chi connectivity index (χ4v) is 2.30. The van der Waals surface area contributed by atoms with Crippen molar-refractivity contribution in [3.8, 4) is 11.6 Å². The average Bonchev–Trinajstić information content (AvgIpc) is 2.42. The van der Waals surface area contributed by atoms with Crippen molar-refractivity contribution in [2.75, 3.05) is 0 Å². The van der Waals surface area contributed by atoms with Gasteiger partial charge >= 0.3 is 0 Å². The molecule has 1 aromatic carbocycles. The first-order valence-corrected chi connectivity index (χ1v) is 7.02. The van der Waals surface area contributed by atoms with Gasteiger partial charge in [0.05, 0.1) is 6.61 Å². The number of aliphatic hydroxyl groups excluding tert-OH is 1. The zero-order valence-corrected chi connectivity index (χ0v) is 12.7. The Morgan fingerprint density at radius 1 is 1.32 bits per heavy atom. The van der Waals surface area contributed by atoms with Crippen LogP contribution < -0.4 is 4.74 Å². The highest BCUT2D eigenvalue weighted by Crippen LogP contribution is 2.28. The Hall–Kier alpha value is -1.10. The second kappa shape index (κ2) is 6.37. The van der Waals surface area contributed by atoms with E-state index in [2.05, 4.69) is 20.9 Å². The minimum Gasteiger partial charge on any atom is -0.439 e. The zero-order chi connectivity index (χ0) is 13.8. The van der Waals surface area contributed by atoms with Gasteiger partial charge in [-0.3, -0.25) is 0 Å². The average molecular weight is 343 g/mol. The quantitative estimate of drug-likeness (QED) is 0.898. The molecule has 1 aromatic heterocycles. The first-order valence-electron chi connectivity index (χ1n) is 5.85. The van der Waals surface area contributed by atoms with Crippen LogP contribution in [0.1, 0.15) is 18.1 Å². The maximum Gasteiger partial charge on any atom is 0.224 e. The highest BCUT2D eigenvalue weighted by Gasteiger charge is 2.08. The molecule has 0 aliphatic heterocycles. The molecule has 0 bridgehead atoms. The molecule has 5 heteroatoms. The van der Waals surface area contributed by atoms with Crippen molar-refractivity contribution >= 4 is 27.5 Å². The lowest BCUT2D eigenvalue weighted by Crippen LogP contribution is -1.95. The van der Waals surface area contributed by atoms with Gasteiger partial charge in [-0.15, -0.1) is 0 Å². The number of aliphatic hydroxyl groups is 1. The molecule has 0 saturated carbocycles. The highest BCUT2D eigenvalue weighted by atomic mass is 79.9. The van der Waals surface area contributed by atoms with E-state index >= 15 is 0 Å². The highest BCUT2D eigenvalue weighted by molar-refractivity contribution is 9.10. The second-order valence-corrected chi connectivity index (χ2v) is 5.31. The topological polar surface area (TPSA) is 42.4 Å². The molecule has 0 amide bonds. The number of pyridine rings is 1. The number of benzene rings is 1. The Morgan fingerprint density at radius 2 is 2.11 bits per heavy atom. The van der Waals surface area contributed by atoms with Crippen LogP contribution in [0.3, 0.4) is 0 Å². The number of nitrogens with zero attached hydrogens (tertiary/aromatic N) is 1. The van der Waals surface area contributed by atoms with Gasteiger partial charge in [-0.05, 0) is 52.2 Å². The number of hydrogen-bond acceptors (Lipinski definition) is 3. The minimum atomic E-state index is -0.129. The summed E-state index contributed by atoms with van der Waals surface area (Å²) in [5.41, 5.74) is 1.64. The summed E-state index contributed by atoms with van der Waals surface area (Å²) in [7, 11) is 0. The third kappa shape index (κ3) is 3.47. The summed E-state index contributed by atoms with van der Waals surface area (Å²) in [4.78, 5) is 4.16. The van der Waals surface area contributed by atoms with Gasteiger partial charge in [-0.1, -0.05) is 18.5 Å². The zero-order valence-electron chi connectivity index (χ0n) is 10.4. The molecule has 1 heterocycles. The van der Waals surface area contributed by atoms with Crippen LogP contribution in [0.4, 0.5) is 0 Å². The van der Waals surface area contributed by atoms with Gasteiger partial charge < -0.3 is 9.84 Å². The molecule has 0 aliphatic carbocycles. The number of aryl methyl sites for hydroxylation is 1. The van der Waals surface area contributed by atoms with Crippen molar-refractivity contribution in [2.45, 2.75) is 20.0 Å². The fraction of sp³-hybridized carbons (Fsp3) is 0.214. The van der Waals surface area contributed by atoms with Crippen molar-refractivity contribution in [3.05, 3.63) is 51.1 Å². The molecule has 0 radical (unpaired) electrons. The van der Waals surface area contributed by atoms with Gasteiger partial charge in [0.2, 0.25) is 5.88 Å². The van der Waals surface area contributed by atoms with Crippen LogP contribution in [0.2, 0.25) is 5.02 Å². The molecule has 2 aromatic rings. The summed E-state index contributed by atoms with van der Waals surface area (Å²) >= 11 is 9.37. The third-order valence-electron chi connectivity index (χ3n) is 2.67. The van der Waals surface area contributed by atoms with Gasteiger partial charge in [0.15, 0.2) is 0 Å². The molecular formula is C14H13BrClNO2. The Labute approximate surface area is 125 Å². The van der Waals surface area contributed by atoms with E-state index < -0.39 is 0 Å². The predicted octanol–water partition coefficient (Wildman–Crippen LogP) is 4.34. The van der Waals surface area contributed by atoms with Gasteiger partial charge in [-0.25, -0.2) is 4.98 Å². The molecule has 100 valence electrons. The van der Waals surface area contributed by atoms with E-state index in [-0.39, 0.29) is 6.61 Å². The van der Waals surface area contributed by atoms with E-state index in [9.17, 15) is 5.11 Å². The van der Waals surface area contributed by atoms with Gasteiger partial charge in [-0.2, -0.15) is 0 Å². The van der Waals surface area contributed by atoms with Crippen LogP contribution in [0.25, 0.3) is 0 Å². The van der Waals surface area contributed by atoms with Crippen LogP contribution in [0, 0.1) is 0 Å². The SMILES string of the molecule is CCc1cc(Oc2ncc(Br)cc2CO)ccc1Cl. The number of hydrogen-bond donors (Lipinski definition) is 1. The number of halogens is 2. The van der Waals surface area contributed by atoms with E-state index in [0.29, 0.717) is 17.2 Å². The van der Waals surface area contributed by atoms with Crippen molar-refractivity contribution < 1.29 is 9.84 Å². The Bertz CT molecular complexity index is 590. The van der Waals surface area contributed by atoms with Crippen LogP contribution in [0.15, 0.2) is 34.9 Å². The van der Waals surface area contributed by atoms with Crippen molar-refractivity contribution in [3.63, 3.8) is 0 Å². The summed E-state index contributed by atoms with van der Waals surface area (Å²) in [6.45, 7) is 1.90. The molecule has 1 N–H and O–H groups in total. The second-order valence-electron chi connectivity index (χ2n) is 3.98. The summed E-state index contributed by atoms with van der Waals surface area (Å²) in [5, 5.41) is 10.0. The number of ether oxygens (including phenoxy) is 1. The fourth-order valence-electron chi connectivity index (χ4n) is 1.67. The first-order chi connectivity index (χ1) is 9.13. The predicted molar refractivity (Wildman–Crippen MR) is 78.8 cm³/mol. The van der Waals surface area contributed by atoms with Crippen LogP contribution in [-0.4, -0.2) is 10.1 Å². The first kappa shape index (κ1) is 14.3. The van der Waals surface area contributed by atoms with Gasteiger partial charge in [0, 0.05) is 21.3 Å². The van der Waals surface area contributed by atoms with Crippen molar-refractivity contribution in [2.24, 2.45) is 0 Å². The molecule has 0 saturated heterocycles. The summed E-state index contributed by atoms with van der Waals surface area (Å²) in [6.07, 6.45) is 2.46. The minimum absolute atomic E-state index is 0.129. The number of rotatable bonds is 4. The molecule has 2 rings (SSSR count). The van der Waals surface area contributed by atoms with E-state index in [1.807, 2.05) is 13.0 Å². The van der Waals surface area contributed by atoms with Crippen molar-refractivity contribution in [1.82, 2.24) is 4.98 Å². The molecule has 0 unspecified atom stereocenters. The van der Waals surface area contributed by atoms with Crippen LogP contribution in [-0.2, 0) is 13.0 Å². The van der Waals surface area contributed by atoms with Gasteiger partial charge in [0.25, 0.3) is 0 Å². The van der Waals surface area contributed by atoms with E-state index in [1.165, 1.54) is 0 Å².